The number of ether oxygens (including phenoxy) is 1. The zero-order chi connectivity index (χ0) is 23.3. The predicted molar refractivity (Wildman–Crippen MR) is 139 cm³/mol. The molecule has 1 saturated carbocycles. The molecule has 0 unspecified atom stereocenters. The number of rotatable bonds is 14. The van der Waals surface area contributed by atoms with Crippen molar-refractivity contribution in [2.24, 2.45) is 11.8 Å². The molecule has 33 heavy (non-hydrogen) atoms. The van der Waals surface area contributed by atoms with Crippen LogP contribution >= 0.6 is 0 Å². The van der Waals surface area contributed by atoms with Crippen molar-refractivity contribution < 1.29 is 14.6 Å². The molecule has 2 aromatic rings. The second-order valence-corrected chi connectivity index (χ2v) is 9.90. The average Bonchev–Trinajstić information content (AvgIpc) is 2.83. The van der Waals surface area contributed by atoms with E-state index in [2.05, 4.69) is 19.1 Å². The molecule has 0 saturated heterocycles. The van der Waals surface area contributed by atoms with Crippen molar-refractivity contribution in [3.8, 4) is 5.75 Å². The predicted octanol–water partition coefficient (Wildman–Crippen LogP) is 8.65. The van der Waals surface area contributed by atoms with Crippen molar-refractivity contribution in [3.05, 3.63) is 48.0 Å². The van der Waals surface area contributed by atoms with Crippen LogP contribution in [-0.4, -0.2) is 17.7 Å². The lowest BCUT2D eigenvalue weighted by molar-refractivity contribution is -0.131. The van der Waals surface area contributed by atoms with Crippen LogP contribution in [0.25, 0.3) is 16.8 Å². The first-order valence-electron chi connectivity index (χ1n) is 13.2. The number of carboxylic acid groups (broad SMARTS) is 1. The Labute approximate surface area is 200 Å². The Kier molecular flexibility index (Phi) is 10.8. The molecule has 3 rings (SSSR count). The van der Waals surface area contributed by atoms with Crippen LogP contribution in [-0.2, 0) is 4.79 Å². The highest BCUT2D eigenvalue weighted by Gasteiger charge is 2.21. The molecule has 0 spiro atoms. The molecule has 1 aliphatic rings. The van der Waals surface area contributed by atoms with Gasteiger partial charge in [0.05, 0.1) is 6.61 Å². The van der Waals surface area contributed by atoms with Crippen molar-refractivity contribution in [1.29, 1.82) is 0 Å². The standard InChI is InChI=1S/C30H42O3/c1-2-3-4-5-6-7-8-9-10-24-11-13-26(14-12-24)23-33-29-19-18-27-21-25(16-20-30(31)32)15-17-28(27)22-29/h15-22,24,26H,2-14,23H2,1H3,(H,31,32)/t24-,26-. The Hall–Kier alpha value is -2.29. The van der Waals surface area contributed by atoms with Crippen molar-refractivity contribution in [2.75, 3.05) is 6.61 Å². The smallest absolute Gasteiger partial charge is 0.328 e. The van der Waals surface area contributed by atoms with Crippen LogP contribution in [0, 0.1) is 11.8 Å². The van der Waals surface area contributed by atoms with Crippen LogP contribution in [0.15, 0.2) is 42.5 Å². The monoisotopic (exact) mass is 450 g/mol. The van der Waals surface area contributed by atoms with E-state index >= 15 is 0 Å². The maximum absolute atomic E-state index is 10.7. The zero-order valence-corrected chi connectivity index (χ0v) is 20.4. The summed E-state index contributed by atoms with van der Waals surface area (Å²) in [6.45, 7) is 3.10. The van der Waals surface area contributed by atoms with E-state index in [1.807, 2.05) is 24.3 Å². The molecule has 0 bridgehead atoms. The normalized spacial score (nSPS) is 18.7. The summed E-state index contributed by atoms with van der Waals surface area (Å²) in [5.41, 5.74) is 0.891. The van der Waals surface area contributed by atoms with Gasteiger partial charge in [0.2, 0.25) is 0 Å². The fourth-order valence-electron chi connectivity index (χ4n) is 5.07. The lowest BCUT2D eigenvalue weighted by Gasteiger charge is -2.28. The zero-order valence-electron chi connectivity index (χ0n) is 20.4. The summed E-state index contributed by atoms with van der Waals surface area (Å²) in [5.74, 6) is 1.61. The highest BCUT2D eigenvalue weighted by molar-refractivity contribution is 5.89. The molecule has 0 amide bonds. The molecule has 0 heterocycles. The molecular weight excluding hydrogens is 408 g/mol. The van der Waals surface area contributed by atoms with Gasteiger partial charge in [0.15, 0.2) is 0 Å². The summed E-state index contributed by atoms with van der Waals surface area (Å²) in [6.07, 6.45) is 20.9. The fourth-order valence-corrected chi connectivity index (χ4v) is 5.07. The number of carboxylic acids is 1. The number of benzene rings is 2. The first-order chi connectivity index (χ1) is 16.1. The van der Waals surface area contributed by atoms with Crippen LogP contribution in [0.5, 0.6) is 5.75 Å². The minimum atomic E-state index is -0.930. The summed E-state index contributed by atoms with van der Waals surface area (Å²) in [4.78, 5) is 10.7. The summed E-state index contributed by atoms with van der Waals surface area (Å²) >= 11 is 0. The second kappa shape index (κ2) is 14.1. The van der Waals surface area contributed by atoms with Gasteiger partial charge in [0, 0.05) is 6.08 Å². The molecule has 0 aliphatic heterocycles. The summed E-state index contributed by atoms with van der Waals surface area (Å²) in [6, 6.07) is 12.2. The van der Waals surface area contributed by atoms with Gasteiger partial charge in [0.25, 0.3) is 0 Å². The van der Waals surface area contributed by atoms with Gasteiger partial charge in [0.1, 0.15) is 5.75 Å². The third-order valence-corrected chi connectivity index (χ3v) is 7.17. The highest BCUT2D eigenvalue weighted by atomic mass is 16.5. The van der Waals surface area contributed by atoms with Crippen molar-refractivity contribution in [1.82, 2.24) is 0 Å². The third kappa shape index (κ3) is 9.23. The maximum atomic E-state index is 10.7. The number of aliphatic carboxylic acids is 1. The number of hydrogen-bond acceptors (Lipinski definition) is 2. The molecule has 3 nitrogen and oxygen atoms in total. The first-order valence-corrected chi connectivity index (χ1v) is 13.2. The van der Waals surface area contributed by atoms with E-state index in [1.54, 1.807) is 6.08 Å². The summed E-state index contributed by atoms with van der Waals surface area (Å²) in [7, 11) is 0. The van der Waals surface area contributed by atoms with Gasteiger partial charge in [-0.05, 0) is 65.3 Å². The third-order valence-electron chi connectivity index (χ3n) is 7.17. The minimum Gasteiger partial charge on any atom is -0.493 e. The Balaban J connectivity index is 1.33. The van der Waals surface area contributed by atoms with E-state index < -0.39 is 5.97 Å². The number of unbranched alkanes of at least 4 members (excludes halogenated alkanes) is 7. The van der Waals surface area contributed by atoms with Gasteiger partial charge in [-0.15, -0.1) is 0 Å². The summed E-state index contributed by atoms with van der Waals surface area (Å²) < 4.78 is 6.16. The van der Waals surface area contributed by atoms with Crippen molar-refractivity contribution >= 4 is 22.8 Å². The van der Waals surface area contributed by atoms with Gasteiger partial charge in [-0.3, -0.25) is 0 Å². The van der Waals surface area contributed by atoms with Crippen LogP contribution in [0.2, 0.25) is 0 Å². The molecule has 2 aromatic carbocycles. The van der Waals surface area contributed by atoms with Gasteiger partial charge in [-0.2, -0.15) is 0 Å². The summed E-state index contributed by atoms with van der Waals surface area (Å²) in [5, 5.41) is 11.0. The Morgan fingerprint density at radius 3 is 2.24 bits per heavy atom. The van der Waals surface area contributed by atoms with Crippen LogP contribution in [0.3, 0.4) is 0 Å². The van der Waals surface area contributed by atoms with Gasteiger partial charge in [-0.1, -0.05) is 95.8 Å². The largest absolute Gasteiger partial charge is 0.493 e. The molecule has 1 N–H and O–H groups in total. The Morgan fingerprint density at radius 1 is 0.879 bits per heavy atom. The van der Waals surface area contributed by atoms with E-state index in [9.17, 15) is 4.79 Å². The van der Waals surface area contributed by atoms with E-state index in [0.717, 1.165) is 34.6 Å². The van der Waals surface area contributed by atoms with Gasteiger partial charge >= 0.3 is 5.97 Å². The first kappa shape index (κ1) is 25.3. The number of carbonyl (C=O) groups is 1. The molecule has 0 atom stereocenters. The Morgan fingerprint density at radius 2 is 1.52 bits per heavy atom. The Bertz CT molecular complexity index is 877. The van der Waals surface area contributed by atoms with E-state index in [-0.39, 0.29) is 0 Å². The second-order valence-electron chi connectivity index (χ2n) is 9.90. The molecule has 0 aromatic heterocycles. The average molecular weight is 451 g/mol. The molecule has 180 valence electrons. The van der Waals surface area contributed by atoms with Crippen molar-refractivity contribution in [2.45, 2.75) is 90.4 Å². The minimum absolute atomic E-state index is 0.680. The fraction of sp³-hybridized carbons (Fsp3) is 0.567. The highest BCUT2D eigenvalue weighted by Crippen LogP contribution is 2.33. The van der Waals surface area contributed by atoms with Gasteiger partial charge in [-0.25, -0.2) is 4.79 Å². The quantitative estimate of drug-likeness (QED) is 0.231. The molecular formula is C30H42O3. The van der Waals surface area contributed by atoms with E-state index in [4.69, 9.17) is 9.84 Å². The number of fused-ring (bicyclic) bond motifs is 1. The van der Waals surface area contributed by atoms with Crippen LogP contribution in [0.1, 0.15) is 96.0 Å². The maximum Gasteiger partial charge on any atom is 0.328 e. The molecule has 3 heteroatoms. The van der Waals surface area contributed by atoms with Crippen LogP contribution in [0.4, 0.5) is 0 Å². The van der Waals surface area contributed by atoms with Crippen molar-refractivity contribution in [3.63, 3.8) is 0 Å². The van der Waals surface area contributed by atoms with E-state index in [0.29, 0.717) is 5.92 Å². The van der Waals surface area contributed by atoms with E-state index in [1.165, 1.54) is 89.5 Å². The van der Waals surface area contributed by atoms with Crippen LogP contribution < -0.4 is 4.74 Å². The SMILES string of the molecule is CCCCCCCCCC[C@H]1CC[C@H](COc2ccc3cc(C=CC(=O)O)ccc3c2)CC1. The molecule has 1 aliphatic carbocycles. The topological polar surface area (TPSA) is 46.5 Å². The molecule has 1 fully saturated rings. The number of hydrogen-bond donors (Lipinski definition) is 1. The lowest BCUT2D eigenvalue weighted by atomic mass is 9.80. The lowest BCUT2D eigenvalue weighted by Crippen LogP contribution is -2.20. The molecule has 0 radical (unpaired) electrons. The van der Waals surface area contributed by atoms with Gasteiger partial charge < -0.3 is 9.84 Å².